The monoisotopic (exact) mass is 246 g/mol. The zero-order chi connectivity index (χ0) is 13.4. The second-order valence-electron chi connectivity index (χ2n) is 4.97. The minimum absolute atomic E-state index is 0.0863. The van der Waals surface area contributed by atoms with Crippen LogP contribution in [0.1, 0.15) is 32.4 Å². The zero-order valence-corrected chi connectivity index (χ0v) is 10.9. The number of hydrogen-bond donors (Lipinski definition) is 1. The van der Waals surface area contributed by atoms with E-state index in [0.29, 0.717) is 5.69 Å². The lowest BCUT2D eigenvalue weighted by Crippen LogP contribution is -2.33. The molecule has 0 aliphatic carbocycles. The number of amides is 2. The summed E-state index contributed by atoms with van der Waals surface area (Å²) >= 11 is 0. The lowest BCUT2D eigenvalue weighted by molar-refractivity contribution is -0.142. The number of anilines is 1. The number of nitrogens with zero attached hydrogens (tertiary/aromatic N) is 1. The molecule has 2 N–H and O–H groups in total. The number of benzene rings is 1. The summed E-state index contributed by atoms with van der Waals surface area (Å²) in [7, 11) is 0. The van der Waals surface area contributed by atoms with Gasteiger partial charge in [0, 0.05) is 17.5 Å². The van der Waals surface area contributed by atoms with Gasteiger partial charge >= 0.3 is 0 Å². The molecule has 1 saturated heterocycles. The predicted octanol–water partition coefficient (Wildman–Crippen LogP) is 1.97. The Labute approximate surface area is 107 Å². The van der Waals surface area contributed by atoms with Crippen molar-refractivity contribution >= 4 is 17.5 Å². The molecule has 2 rings (SSSR count). The summed E-state index contributed by atoms with van der Waals surface area (Å²) in [6, 6.07) is 7.04. The highest BCUT2D eigenvalue weighted by molar-refractivity contribution is 6.05. The highest BCUT2D eigenvalue weighted by Crippen LogP contribution is 2.33. The van der Waals surface area contributed by atoms with Gasteiger partial charge in [0.15, 0.2) is 0 Å². The largest absolute Gasteiger partial charge is 0.399 e. The molecule has 2 amide bonds. The van der Waals surface area contributed by atoms with E-state index in [4.69, 9.17) is 5.73 Å². The smallest absolute Gasteiger partial charge is 0.233 e. The summed E-state index contributed by atoms with van der Waals surface area (Å²) in [4.78, 5) is 25.6. The summed E-state index contributed by atoms with van der Waals surface area (Å²) in [5, 5.41) is 0. The predicted molar refractivity (Wildman–Crippen MR) is 69.5 cm³/mol. The molecular formula is C14H18N2O2. The number of nitrogen functional groups attached to an aromatic ring is 1. The Kier molecular flexibility index (Phi) is 3.11. The molecule has 0 aromatic heterocycles. The van der Waals surface area contributed by atoms with E-state index in [1.54, 1.807) is 26.0 Å². The van der Waals surface area contributed by atoms with E-state index in [1.807, 2.05) is 19.1 Å². The molecule has 96 valence electrons. The van der Waals surface area contributed by atoms with Crippen LogP contribution in [0.3, 0.4) is 0 Å². The first-order valence-corrected chi connectivity index (χ1v) is 6.16. The lowest BCUT2D eigenvalue weighted by Gasteiger charge is -2.23. The van der Waals surface area contributed by atoms with Crippen molar-refractivity contribution in [3.63, 3.8) is 0 Å². The Morgan fingerprint density at radius 2 is 1.50 bits per heavy atom. The fourth-order valence-electron chi connectivity index (χ4n) is 2.28. The highest BCUT2D eigenvalue weighted by Gasteiger charge is 2.44. The Morgan fingerprint density at radius 3 is 1.94 bits per heavy atom. The summed E-state index contributed by atoms with van der Waals surface area (Å²) in [5.41, 5.74) is 7.23. The zero-order valence-electron chi connectivity index (χ0n) is 10.9. The third-order valence-electron chi connectivity index (χ3n) is 3.81. The van der Waals surface area contributed by atoms with Crippen molar-refractivity contribution in [1.29, 1.82) is 0 Å². The van der Waals surface area contributed by atoms with E-state index in [2.05, 4.69) is 0 Å². The average molecular weight is 246 g/mol. The van der Waals surface area contributed by atoms with Gasteiger partial charge in [-0.3, -0.25) is 14.5 Å². The van der Waals surface area contributed by atoms with Crippen LogP contribution in [-0.4, -0.2) is 16.7 Å². The number of carbonyl (C=O) groups is 2. The molecule has 18 heavy (non-hydrogen) atoms. The Morgan fingerprint density at radius 1 is 1.06 bits per heavy atom. The van der Waals surface area contributed by atoms with Gasteiger partial charge < -0.3 is 5.73 Å². The van der Waals surface area contributed by atoms with Crippen LogP contribution in [0, 0.1) is 11.8 Å². The molecule has 1 aliphatic rings. The van der Waals surface area contributed by atoms with E-state index < -0.39 is 0 Å². The van der Waals surface area contributed by atoms with Gasteiger partial charge in [0.25, 0.3) is 0 Å². The lowest BCUT2D eigenvalue weighted by atomic mass is 10.00. The number of nitrogens with two attached hydrogens (primary N) is 1. The van der Waals surface area contributed by atoms with Crippen molar-refractivity contribution < 1.29 is 9.59 Å². The van der Waals surface area contributed by atoms with Crippen LogP contribution in [0.25, 0.3) is 0 Å². The Balaban J connectivity index is 2.29. The normalized spacial score (nSPS) is 25.6. The van der Waals surface area contributed by atoms with E-state index in [1.165, 1.54) is 4.90 Å². The minimum atomic E-state index is -0.238. The van der Waals surface area contributed by atoms with Crippen LogP contribution in [-0.2, 0) is 9.59 Å². The Bertz CT molecular complexity index is 461. The van der Waals surface area contributed by atoms with Crippen LogP contribution < -0.4 is 5.73 Å². The summed E-state index contributed by atoms with van der Waals surface area (Å²) in [6.45, 7) is 5.48. The van der Waals surface area contributed by atoms with Crippen LogP contribution in [0.15, 0.2) is 24.3 Å². The SMILES string of the molecule is CC1C(=O)N(C(C)c2ccc(N)cc2)C(=O)C1C. The summed E-state index contributed by atoms with van der Waals surface area (Å²) in [5.74, 6) is -0.629. The molecule has 4 nitrogen and oxygen atoms in total. The van der Waals surface area contributed by atoms with Crippen LogP contribution in [0.5, 0.6) is 0 Å². The van der Waals surface area contributed by atoms with Gasteiger partial charge in [0.05, 0.1) is 6.04 Å². The minimum Gasteiger partial charge on any atom is -0.399 e. The maximum Gasteiger partial charge on any atom is 0.233 e. The topological polar surface area (TPSA) is 63.4 Å². The van der Waals surface area contributed by atoms with Crippen molar-refractivity contribution in [3.8, 4) is 0 Å². The molecule has 1 heterocycles. The van der Waals surface area contributed by atoms with Gasteiger partial charge in [-0.2, -0.15) is 0 Å². The van der Waals surface area contributed by atoms with Crippen molar-refractivity contribution in [2.24, 2.45) is 11.8 Å². The molecule has 1 fully saturated rings. The molecule has 3 atom stereocenters. The van der Waals surface area contributed by atoms with Gasteiger partial charge in [0.1, 0.15) is 0 Å². The number of likely N-dealkylation sites (tertiary alicyclic amines) is 1. The third kappa shape index (κ3) is 1.88. The van der Waals surface area contributed by atoms with Crippen LogP contribution in [0.4, 0.5) is 5.69 Å². The van der Waals surface area contributed by atoms with Gasteiger partial charge in [-0.15, -0.1) is 0 Å². The van der Waals surface area contributed by atoms with Gasteiger partial charge in [-0.25, -0.2) is 0 Å². The maximum atomic E-state index is 12.1. The van der Waals surface area contributed by atoms with E-state index >= 15 is 0 Å². The van der Waals surface area contributed by atoms with Crippen molar-refractivity contribution in [2.45, 2.75) is 26.8 Å². The average Bonchev–Trinajstić information content (AvgIpc) is 2.54. The first-order chi connectivity index (χ1) is 8.43. The third-order valence-corrected chi connectivity index (χ3v) is 3.81. The highest BCUT2D eigenvalue weighted by atomic mass is 16.2. The summed E-state index contributed by atoms with van der Waals surface area (Å²) in [6.07, 6.45) is 0. The Hall–Kier alpha value is -1.84. The second-order valence-corrected chi connectivity index (χ2v) is 4.97. The second kappa shape index (κ2) is 4.44. The van der Waals surface area contributed by atoms with E-state index in [0.717, 1.165) is 5.56 Å². The van der Waals surface area contributed by atoms with Crippen molar-refractivity contribution in [3.05, 3.63) is 29.8 Å². The quantitative estimate of drug-likeness (QED) is 0.641. The van der Waals surface area contributed by atoms with Gasteiger partial charge in [-0.05, 0) is 24.6 Å². The summed E-state index contributed by atoms with van der Waals surface area (Å²) < 4.78 is 0. The number of carbonyl (C=O) groups excluding carboxylic acids is 2. The first kappa shape index (κ1) is 12.6. The van der Waals surface area contributed by atoms with Gasteiger partial charge in [0.2, 0.25) is 11.8 Å². The molecular weight excluding hydrogens is 228 g/mol. The van der Waals surface area contributed by atoms with Gasteiger partial charge in [-0.1, -0.05) is 26.0 Å². The molecule has 0 bridgehead atoms. The molecule has 4 heteroatoms. The molecule has 0 spiro atoms. The molecule has 1 aromatic rings. The first-order valence-electron chi connectivity index (χ1n) is 6.16. The molecule has 0 saturated carbocycles. The van der Waals surface area contributed by atoms with E-state index in [9.17, 15) is 9.59 Å². The van der Waals surface area contributed by atoms with E-state index in [-0.39, 0.29) is 29.7 Å². The maximum absolute atomic E-state index is 12.1. The molecule has 1 aliphatic heterocycles. The molecule has 1 aromatic carbocycles. The van der Waals surface area contributed by atoms with Crippen molar-refractivity contribution in [2.75, 3.05) is 5.73 Å². The van der Waals surface area contributed by atoms with Crippen LogP contribution >= 0.6 is 0 Å². The number of hydrogen-bond acceptors (Lipinski definition) is 3. The number of rotatable bonds is 2. The molecule has 3 unspecified atom stereocenters. The fourth-order valence-corrected chi connectivity index (χ4v) is 2.28. The standard InChI is InChI=1S/C14H18N2O2/c1-8-9(2)14(18)16(13(8)17)10(3)11-4-6-12(15)7-5-11/h4-10H,15H2,1-3H3. The fraction of sp³-hybridized carbons (Fsp3) is 0.429. The number of imide groups is 1. The molecule has 0 radical (unpaired) electrons. The van der Waals surface area contributed by atoms with Crippen molar-refractivity contribution in [1.82, 2.24) is 4.90 Å². The van der Waals surface area contributed by atoms with Crippen LogP contribution in [0.2, 0.25) is 0 Å².